The van der Waals surface area contributed by atoms with Gasteiger partial charge < -0.3 is 15.6 Å². The van der Waals surface area contributed by atoms with E-state index >= 15 is 0 Å². The molecule has 1 saturated heterocycles. The van der Waals surface area contributed by atoms with Crippen molar-refractivity contribution in [1.29, 1.82) is 0 Å². The van der Waals surface area contributed by atoms with Crippen molar-refractivity contribution in [2.75, 3.05) is 18.0 Å². The van der Waals surface area contributed by atoms with E-state index in [1.807, 2.05) is 19.1 Å². The van der Waals surface area contributed by atoms with E-state index < -0.39 is 5.91 Å². The van der Waals surface area contributed by atoms with E-state index in [1.54, 1.807) is 24.5 Å². The molecule has 1 aliphatic heterocycles. The second kappa shape index (κ2) is 7.30. The lowest BCUT2D eigenvalue weighted by atomic mass is 9.77. The Kier molecular flexibility index (Phi) is 4.57. The van der Waals surface area contributed by atoms with E-state index in [9.17, 15) is 9.59 Å². The Balaban J connectivity index is 1.58. The smallest absolute Gasteiger partial charge is 0.254 e. The molecule has 1 atom stereocenters. The largest absolute Gasteiger partial charge is 0.365 e. The van der Waals surface area contributed by atoms with Gasteiger partial charge in [-0.15, -0.1) is 0 Å². The molecule has 1 spiro atoms. The third-order valence-electron chi connectivity index (χ3n) is 6.46. The number of hydrogen-bond acceptors (Lipinski definition) is 6. The molecule has 3 aromatic heterocycles. The van der Waals surface area contributed by atoms with E-state index in [4.69, 9.17) is 10.7 Å². The Morgan fingerprint density at radius 2 is 2.10 bits per heavy atom. The van der Waals surface area contributed by atoms with Crippen LogP contribution in [-0.4, -0.2) is 38.9 Å². The lowest BCUT2D eigenvalue weighted by molar-refractivity contribution is 0.1000. The van der Waals surface area contributed by atoms with Crippen molar-refractivity contribution in [3.63, 3.8) is 0 Å². The first-order chi connectivity index (χ1) is 15.0. The molecule has 0 aromatic carbocycles. The maximum Gasteiger partial charge on any atom is 0.254 e. The summed E-state index contributed by atoms with van der Waals surface area (Å²) in [6, 6.07) is 7.26. The van der Waals surface area contributed by atoms with Gasteiger partial charge in [-0.3, -0.25) is 14.6 Å². The normalized spacial score (nSPS) is 20.1. The summed E-state index contributed by atoms with van der Waals surface area (Å²) in [5.74, 6) is 0.682. The number of H-pyrrole nitrogens is 1. The number of nitrogens with zero attached hydrogens (tertiary/aromatic N) is 4. The van der Waals surface area contributed by atoms with Gasteiger partial charge in [0.15, 0.2) is 0 Å². The van der Waals surface area contributed by atoms with E-state index in [0.29, 0.717) is 30.2 Å². The Morgan fingerprint density at radius 3 is 2.87 bits per heavy atom. The number of amides is 1. The Morgan fingerprint density at radius 1 is 1.23 bits per heavy atom. The summed E-state index contributed by atoms with van der Waals surface area (Å²) in [6.07, 6.45) is 6.81. The van der Waals surface area contributed by atoms with Gasteiger partial charge in [-0.05, 0) is 56.9 Å². The summed E-state index contributed by atoms with van der Waals surface area (Å²) < 4.78 is 0. The molecule has 8 nitrogen and oxygen atoms in total. The van der Waals surface area contributed by atoms with Crippen LogP contribution in [0.4, 0.5) is 5.82 Å². The van der Waals surface area contributed by atoms with Crippen molar-refractivity contribution >= 4 is 11.7 Å². The first-order valence-electron chi connectivity index (χ1n) is 10.5. The fourth-order valence-corrected chi connectivity index (χ4v) is 4.98. The number of carbonyl (C=O) groups excluding carboxylic acids is 1. The molecule has 1 amide bonds. The zero-order valence-electron chi connectivity index (χ0n) is 17.4. The van der Waals surface area contributed by atoms with Crippen molar-refractivity contribution in [3.05, 3.63) is 69.5 Å². The number of piperidine rings is 1. The van der Waals surface area contributed by atoms with Crippen LogP contribution in [0, 0.1) is 6.92 Å². The molecule has 0 saturated carbocycles. The summed E-state index contributed by atoms with van der Waals surface area (Å²) in [7, 11) is 0. The molecular formula is C23H24N6O2. The number of nitrogens with one attached hydrogen (secondary N) is 1. The van der Waals surface area contributed by atoms with Gasteiger partial charge in [-0.25, -0.2) is 9.97 Å². The average Bonchev–Trinajstić information content (AvgIpc) is 3.12. The highest BCUT2D eigenvalue weighted by Crippen LogP contribution is 2.44. The SMILES string of the molecule is Cc1ccc(C(N)=O)c(N2CCCC3(CCc4c3nc(-c3cccnc3)[nH]c4=O)C2)n1. The number of aromatic nitrogens is 4. The highest BCUT2D eigenvalue weighted by atomic mass is 16.1. The molecule has 2 aliphatic rings. The second-order valence-electron chi connectivity index (χ2n) is 8.48. The molecule has 158 valence electrons. The average molecular weight is 416 g/mol. The van der Waals surface area contributed by atoms with Crippen LogP contribution in [0.1, 0.15) is 46.6 Å². The maximum absolute atomic E-state index is 12.9. The molecule has 1 unspecified atom stereocenters. The minimum atomic E-state index is -0.484. The number of pyridine rings is 2. The number of hydrogen-bond donors (Lipinski definition) is 2. The van der Waals surface area contributed by atoms with Crippen molar-refractivity contribution in [2.24, 2.45) is 5.73 Å². The number of aromatic amines is 1. The van der Waals surface area contributed by atoms with Crippen LogP contribution in [0.15, 0.2) is 41.5 Å². The molecule has 5 rings (SSSR count). The minimum absolute atomic E-state index is 0.0793. The number of anilines is 1. The molecule has 3 N–H and O–H groups in total. The van der Waals surface area contributed by atoms with E-state index in [0.717, 1.165) is 48.3 Å². The van der Waals surface area contributed by atoms with Crippen LogP contribution >= 0.6 is 0 Å². The van der Waals surface area contributed by atoms with Crippen LogP contribution < -0.4 is 16.2 Å². The number of carbonyl (C=O) groups is 1. The van der Waals surface area contributed by atoms with Gasteiger partial charge in [0.2, 0.25) is 0 Å². The van der Waals surface area contributed by atoms with Crippen molar-refractivity contribution in [2.45, 2.75) is 38.0 Å². The summed E-state index contributed by atoms with van der Waals surface area (Å²) >= 11 is 0. The van der Waals surface area contributed by atoms with Crippen LogP contribution in [0.5, 0.6) is 0 Å². The van der Waals surface area contributed by atoms with Crippen molar-refractivity contribution < 1.29 is 4.79 Å². The summed E-state index contributed by atoms with van der Waals surface area (Å²) in [5, 5.41) is 0. The number of primary amides is 1. The third-order valence-corrected chi connectivity index (χ3v) is 6.46. The highest BCUT2D eigenvalue weighted by molar-refractivity contribution is 5.97. The zero-order chi connectivity index (χ0) is 21.6. The lowest BCUT2D eigenvalue weighted by Crippen LogP contribution is -2.46. The molecule has 1 fully saturated rings. The van der Waals surface area contributed by atoms with Gasteiger partial charge >= 0.3 is 0 Å². The molecule has 3 aromatic rings. The van der Waals surface area contributed by atoms with Gasteiger partial charge in [-0.1, -0.05) is 0 Å². The molecule has 0 bridgehead atoms. The monoisotopic (exact) mass is 416 g/mol. The lowest BCUT2D eigenvalue weighted by Gasteiger charge is -2.41. The Bertz CT molecular complexity index is 1220. The quantitative estimate of drug-likeness (QED) is 0.675. The molecule has 1 aliphatic carbocycles. The number of fused-ring (bicyclic) bond motifs is 2. The fourth-order valence-electron chi connectivity index (χ4n) is 4.98. The molecule has 4 heterocycles. The van der Waals surface area contributed by atoms with Crippen LogP contribution in [0.25, 0.3) is 11.4 Å². The predicted molar refractivity (Wildman–Crippen MR) is 117 cm³/mol. The summed E-state index contributed by atoms with van der Waals surface area (Å²) in [4.78, 5) is 43.7. The zero-order valence-corrected chi connectivity index (χ0v) is 17.4. The Hall–Kier alpha value is -3.55. The molecule has 8 heteroatoms. The standard InChI is InChI=1S/C23H24N6O2/c1-14-5-6-17(19(24)30)21(26-14)29-11-3-8-23(13-29)9-7-16-18(23)27-20(28-22(16)31)15-4-2-10-25-12-15/h2,4-6,10,12H,3,7-9,11,13H2,1H3,(H2,24,30)(H,27,28,31). The van der Waals surface area contributed by atoms with E-state index in [1.165, 1.54) is 0 Å². The van der Waals surface area contributed by atoms with Gasteiger partial charge in [0.05, 0.1) is 11.3 Å². The number of rotatable bonds is 3. The molecule has 0 radical (unpaired) electrons. The van der Waals surface area contributed by atoms with Crippen LogP contribution in [-0.2, 0) is 11.8 Å². The molecule has 31 heavy (non-hydrogen) atoms. The van der Waals surface area contributed by atoms with E-state index in [-0.39, 0.29) is 11.0 Å². The number of aryl methyl sites for hydroxylation is 1. The topological polar surface area (TPSA) is 118 Å². The van der Waals surface area contributed by atoms with Crippen molar-refractivity contribution in [1.82, 2.24) is 19.9 Å². The van der Waals surface area contributed by atoms with Gasteiger partial charge in [0.1, 0.15) is 11.6 Å². The summed E-state index contributed by atoms with van der Waals surface area (Å²) in [5.41, 5.74) is 8.98. The predicted octanol–water partition coefficient (Wildman–Crippen LogP) is 2.12. The first kappa shape index (κ1) is 19.4. The van der Waals surface area contributed by atoms with Crippen LogP contribution in [0.2, 0.25) is 0 Å². The first-order valence-corrected chi connectivity index (χ1v) is 10.5. The maximum atomic E-state index is 12.9. The minimum Gasteiger partial charge on any atom is -0.365 e. The van der Waals surface area contributed by atoms with Gasteiger partial charge in [-0.2, -0.15) is 0 Å². The molecular weight excluding hydrogens is 392 g/mol. The van der Waals surface area contributed by atoms with Gasteiger partial charge in [0, 0.05) is 47.7 Å². The number of nitrogens with two attached hydrogens (primary N) is 1. The van der Waals surface area contributed by atoms with Gasteiger partial charge in [0.25, 0.3) is 11.5 Å². The fraction of sp³-hybridized carbons (Fsp3) is 0.348. The van der Waals surface area contributed by atoms with Crippen LogP contribution in [0.3, 0.4) is 0 Å². The van der Waals surface area contributed by atoms with E-state index in [2.05, 4.69) is 19.9 Å². The Labute approximate surface area is 179 Å². The van der Waals surface area contributed by atoms with Crippen molar-refractivity contribution in [3.8, 4) is 11.4 Å². The third kappa shape index (κ3) is 3.28. The highest BCUT2D eigenvalue weighted by Gasteiger charge is 2.45. The second-order valence-corrected chi connectivity index (χ2v) is 8.48. The summed E-state index contributed by atoms with van der Waals surface area (Å²) in [6.45, 7) is 3.34.